The number of para-hydroxylation sites is 1. The Balaban J connectivity index is 0.000000138. The minimum atomic E-state index is 0.0233. The van der Waals surface area contributed by atoms with Crippen molar-refractivity contribution in [3.05, 3.63) is 180 Å². The standard InChI is InChI=1S/C27H23N.C20H14O/c1-27(2)23-15-7-6-14-22(23)26-24(27)16-9-17-25(26)28-21-13-8-12-20(18-21)19-10-4-3-5-11-19;1-12-13-6-2-3-8-16(13)19-14(12)10-11-17-15-7-4-5-9-18(15)21-20(17)19/h3-18,28H,1-2H3;2-12H,1H3. The lowest BCUT2D eigenvalue weighted by atomic mass is 9.82. The molecular weight excluding hydrogens is 595 g/mol. The lowest BCUT2D eigenvalue weighted by Gasteiger charge is -2.21. The fourth-order valence-corrected chi connectivity index (χ4v) is 8.13. The van der Waals surface area contributed by atoms with Crippen molar-refractivity contribution in [1.82, 2.24) is 0 Å². The van der Waals surface area contributed by atoms with Gasteiger partial charge in [-0.05, 0) is 68.8 Å². The van der Waals surface area contributed by atoms with Crippen molar-refractivity contribution in [3.8, 4) is 33.4 Å². The summed E-state index contributed by atoms with van der Waals surface area (Å²) in [5, 5.41) is 6.11. The first-order valence-corrected chi connectivity index (χ1v) is 17.2. The lowest BCUT2D eigenvalue weighted by Crippen LogP contribution is -2.14. The second-order valence-electron chi connectivity index (χ2n) is 13.8. The minimum absolute atomic E-state index is 0.0233. The molecule has 7 aromatic carbocycles. The van der Waals surface area contributed by atoms with Crippen LogP contribution in [0.15, 0.2) is 162 Å². The Labute approximate surface area is 287 Å². The molecule has 0 aliphatic heterocycles. The van der Waals surface area contributed by atoms with Crippen LogP contribution < -0.4 is 5.32 Å². The van der Waals surface area contributed by atoms with Gasteiger partial charge in [-0.1, -0.05) is 154 Å². The van der Waals surface area contributed by atoms with E-state index in [1.54, 1.807) is 0 Å². The van der Waals surface area contributed by atoms with Gasteiger partial charge in [-0.15, -0.1) is 0 Å². The number of anilines is 2. The van der Waals surface area contributed by atoms with Gasteiger partial charge in [-0.25, -0.2) is 0 Å². The van der Waals surface area contributed by atoms with Crippen LogP contribution in [-0.2, 0) is 5.41 Å². The van der Waals surface area contributed by atoms with Gasteiger partial charge in [0.1, 0.15) is 11.2 Å². The monoisotopic (exact) mass is 631 g/mol. The average Bonchev–Trinajstić information content (AvgIpc) is 3.75. The van der Waals surface area contributed by atoms with E-state index >= 15 is 0 Å². The molecule has 0 amide bonds. The number of hydrogen-bond acceptors (Lipinski definition) is 2. The average molecular weight is 632 g/mol. The summed E-state index contributed by atoms with van der Waals surface area (Å²) in [5.41, 5.74) is 17.6. The summed E-state index contributed by atoms with van der Waals surface area (Å²) in [7, 11) is 0. The number of benzene rings is 7. The largest absolute Gasteiger partial charge is 0.455 e. The molecule has 1 unspecified atom stereocenters. The van der Waals surface area contributed by atoms with E-state index in [1.807, 2.05) is 12.1 Å². The van der Waals surface area contributed by atoms with Crippen LogP contribution in [0.5, 0.6) is 0 Å². The lowest BCUT2D eigenvalue weighted by molar-refractivity contribution is 0.660. The maximum absolute atomic E-state index is 6.20. The molecule has 0 saturated carbocycles. The number of furan rings is 1. The van der Waals surface area contributed by atoms with Crippen LogP contribution in [0.2, 0.25) is 0 Å². The van der Waals surface area contributed by atoms with Crippen LogP contribution in [-0.4, -0.2) is 0 Å². The van der Waals surface area contributed by atoms with Gasteiger partial charge in [0.2, 0.25) is 0 Å². The Morgan fingerprint density at radius 1 is 0.531 bits per heavy atom. The highest BCUT2D eigenvalue weighted by molar-refractivity contribution is 6.11. The van der Waals surface area contributed by atoms with E-state index in [-0.39, 0.29) is 5.41 Å². The molecule has 1 atom stereocenters. The van der Waals surface area contributed by atoms with E-state index in [1.165, 1.54) is 72.1 Å². The van der Waals surface area contributed by atoms with Gasteiger partial charge in [0.05, 0.1) is 0 Å². The zero-order valence-electron chi connectivity index (χ0n) is 28.0. The van der Waals surface area contributed by atoms with Crippen LogP contribution in [0.3, 0.4) is 0 Å². The number of fused-ring (bicyclic) bond motifs is 10. The Bertz CT molecular complexity index is 2520. The van der Waals surface area contributed by atoms with Crippen molar-refractivity contribution in [2.45, 2.75) is 32.1 Å². The maximum Gasteiger partial charge on any atom is 0.143 e. The summed E-state index contributed by atoms with van der Waals surface area (Å²) < 4.78 is 6.20. The van der Waals surface area contributed by atoms with Gasteiger partial charge in [0.15, 0.2) is 0 Å². The zero-order chi connectivity index (χ0) is 33.1. The van der Waals surface area contributed by atoms with Crippen molar-refractivity contribution in [1.29, 1.82) is 0 Å². The van der Waals surface area contributed by atoms with Crippen molar-refractivity contribution in [2.24, 2.45) is 0 Å². The fourth-order valence-electron chi connectivity index (χ4n) is 8.13. The van der Waals surface area contributed by atoms with Crippen molar-refractivity contribution < 1.29 is 4.42 Å². The molecule has 0 bridgehead atoms. The van der Waals surface area contributed by atoms with E-state index in [0.717, 1.165) is 16.9 Å². The fraction of sp³-hybridized carbons (Fsp3) is 0.106. The summed E-state index contributed by atoms with van der Waals surface area (Å²) in [6, 6.07) is 56.0. The Morgan fingerprint density at radius 2 is 1.22 bits per heavy atom. The third kappa shape index (κ3) is 4.70. The molecule has 10 rings (SSSR count). The van der Waals surface area contributed by atoms with Crippen molar-refractivity contribution in [3.63, 3.8) is 0 Å². The molecule has 2 aliphatic carbocycles. The predicted molar refractivity (Wildman–Crippen MR) is 206 cm³/mol. The molecule has 2 heteroatoms. The predicted octanol–water partition coefficient (Wildman–Crippen LogP) is 13.1. The maximum atomic E-state index is 6.20. The van der Waals surface area contributed by atoms with Crippen molar-refractivity contribution in [2.75, 3.05) is 5.32 Å². The van der Waals surface area contributed by atoms with Gasteiger partial charge in [0, 0.05) is 44.6 Å². The van der Waals surface area contributed by atoms with E-state index in [4.69, 9.17) is 4.42 Å². The van der Waals surface area contributed by atoms with Gasteiger partial charge in [-0.2, -0.15) is 0 Å². The summed E-state index contributed by atoms with van der Waals surface area (Å²) >= 11 is 0. The Kier molecular flexibility index (Phi) is 6.81. The summed E-state index contributed by atoms with van der Waals surface area (Å²) in [5.74, 6) is 0.439. The molecule has 1 N–H and O–H groups in total. The van der Waals surface area contributed by atoms with E-state index in [2.05, 4.69) is 172 Å². The molecule has 1 heterocycles. The Hall–Kier alpha value is -5.86. The topological polar surface area (TPSA) is 25.2 Å². The molecule has 0 radical (unpaired) electrons. The smallest absolute Gasteiger partial charge is 0.143 e. The quantitative estimate of drug-likeness (QED) is 0.210. The highest BCUT2D eigenvalue weighted by atomic mass is 16.3. The van der Waals surface area contributed by atoms with Crippen LogP contribution >= 0.6 is 0 Å². The molecular formula is C47H37NO. The second-order valence-corrected chi connectivity index (χ2v) is 13.8. The van der Waals surface area contributed by atoms with Crippen LogP contribution in [0.1, 0.15) is 48.9 Å². The van der Waals surface area contributed by atoms with Gasteiger partial charge < -0.3 is 9.73 Å². The first kappa shape index (κ1) is 29.3. The minimum Gasteiger partial charge on any atom is -0.455 e. The van der Waals surface area contributed by atoms with E-state index in [0.29, 0.717) is 5.92 Å². The van der Waals surface area contributed by atoms with Crippen LogP contribution in [0, 0.1) is 0 Å². The molecule has 2 nitrogen and oxygen atoms in total. The number of rotatable bonds is 3. The SMILES string of the molecule is CC1(C)c2ccccc2-c2c(Nc3cccc(-c4ccccc4)c3)cccc21.CC1c2ccccc2-c2c1ccc1c2oc2ccccc21. The Morgan fingerprint density at radius 3 is 2.10 bits per heavy atom. The first-order valence-electron chi connectivity index (χ1n) is 17.2. The highest BCUT2D eigenvalue weighted by Gasteiger charge is 2.36. The third-order valence-electron chi connectivity index (χ3n) is 10.6. The molecule has 49 heavy (non-hydrogen) atoms. The summed E-state index contributed by atoms with van der Waals surface area (Å²) in [6.45, 7) is 6.91. The number of nitrogens with one attached hydrogen (secondary N) is 1. The molecule has 8 aromatic rings. The van der Waals surface area contributed by atoms with Gasteiger partial charge in [-0.3, -0.25) is 0 Å². The number of hydrogen-bond donors (Lipinski definition) is 1. The zero-order valence-corrected chi connectivity index (χ0v) is 28.0. The first-order chi connectivity index (χ1) is 24.0. The highest BCUT2D eigenvalue weighted by Crippen LogP contribution is 2.52. The van der Waals surface area contributed by atoms with E-state index < -0.39 is 0 Å². The second kappa shape index (κ2) is 11.4. The third-order valence-corrected chi connectivity index (χ3v) is 10.6. The van der Waals surface area contributed by atoms with Gasteiger partial charge in [0.25, 0.3) is 0 Å². The normalized spacial score (nSPS) is 14.8. The van der Waals surface area contributed by atoms with Crippen LogP contribution in [0.4, 0.5) is 11.4 Å². The molecule has 1 aromatic heterocycles. The van der Waals surface area contributed by atoms with Crippen LogP contribution in [0.25, 0.3) is 55.3 Å². The summed E-state index contributed by atoms with van der Waals surface area (Å²) in [6.07, 6.45) is 0. The molecule has 236 valence electrons. The van der Waals surface area contributed by atoms with Gasteiger partial charge >= 0.3 is 0 Å². The molecule has 2 aliphatic rings. The molecule has 0 spiro atoms. The molecule has 0 saturated heterocycles. The molecule has 0 fully saturated rings. The van der Waals surface area contributed by atoms with E-state index in [9.17, 15) is 0 Å². The van der Waals surface area contributed by atoms with Crippen molar-refractivity contribution >= 4 is 33.3 Å². The summed E-state index contributed by atoms with van der Waals surface area (Å²) in [4.78, 5) is 0.